The van der Waals surface area contributed by atoms with Crippen LogP contribution in [0, 0.1) is 6.92 Å². The van der Waals surface area contributed by atoms with Gasteiger partial charge >= 0.3 is 0 Å². The Labute approximate surface area is 102 Å². The van der Waals surface area contributed by atoms with Gasteiger partial charge in [0.25, 0.3) is 0 Å². The molecule has 1 aromatic carbocycles. The van der Waals surface area contributed by atoms with Gasteiger partial charge in [-0.3, -0.25) is 9.48 Å². The molecule has 0 saturated carbocycles. The number of hydrogen-bond acceptors (Lipinski definition) is 2. The molecule has 82 valence electrons. The number of rotatable bonds is 3. The average molecular weight is 279 g/mol. The van der Waals surface area contributed by atoms with Gasteiger partial charge < -0.3 is 0 Å². The van der Waals surface area contributed by atoms with Gasteiger partial charge in [0.05, 0.1) is 10.7 Å². The molecule has 1 heterocycles. The third-order valence-electron chi connectivity index (χ3n) is 2.35. The number of benzene rings is 1. The highest BCUT2D eigenvalue weighted by molar-refractivity contribution is 9.10. The number of aromatic nitrogens is 2. The van der Waals surface area contributed by atoms with Gasteiger partial charge in [-0.05, 0) is 28.4 Å². The molecule has 0 aliphatic heterocycles. The fourth-order valence-electron chi connectivity index (χ4n) is 1.54. The lowest BCUT2D eigenvalue weighted by molar-refractivity contribution is 0.0967. The maximum atomic E-state index is 12.0. The summed E-state index contributed by atoms with van der Waals surface area (Å²) in [5.74, 6) is 0.0775. The molecule has 0 amide bonds. The Balaban J connectivity index is 2.18. The molecule has 0 aliphatic rings. The summed E-state index contributed by atoms with van der Waals surface area (Å²) in [5.41, 5.74) is 1.76. The van der Waals surface area contributed by atoms with Crippen molar-refractivity contribution in [3.8, 4) is 0 Å². The van der Waals surface area contributed by atoms with Crippen LogP contribution in [0.2, 0.25) is 0 Å². The zero-order valence-electron chi connectivity index (χ0n) is 8.85. The molecule has 16 heavy (non-hydrogen) atoms. The van der Waals surface area contributed by atoms with E-state index in [1.54, 1.807) is 17.1 Å². The van der Waals surface area contributed by atoms with E-state index in [4.69, 9.17) is 0 Å². The summed E-state index contributed by atoms with van der Waals surface area (Å²) in [7, 11) is 0. The zero-order valence-corrected chi connectivity index (χ0v) is 10.4. The molecular weight excluding hydrogens is 268 g/mol. The molecule has 0 N–H and O–H groups in total. The third-order valence-corrected chi connectivity index (χ3v) is 2.76. The summed E-state index contributed by atoms with van der Waals surface area (Å²) in [4.78, 5) is 12.0. The van der Waals surface area contributed by atoms with Crippen molar-refractivity contribution in [2.45, 2.75) is 13.5 Å². The topological polar surface area (TPSA) is 34.9 Å². The SMILES string of the molecule is Cc1ccccc1C(=O)Cn1cc(Br)cn1. The predicted molar refractivity (Wildman–Crippen MR) is 65.4 cm³/mol. The number of Topliss-reactive ketones (excluding diaryl/α,β-unsaturated/α-hetero) is 1. The van der Waals surface area contributed by atoms with Crippen LogP contribution in [0.1, 0.15) is 15.9 Å². The summed E-state index contributed by atoms with van der Waals surface area (Å²) in [6.45, 7) is 2.21. The van der Waals surface area contributed by atoms with Gasteiger partial charge in [-0.2, -0.15) is 5.10 Å². The second kappa shape index (κ2) is 4.61. The Morgan fingerprint density at radius 2 is 2.19 bits per heavy atom. The van der Waals surface area contributed by atoms with Gasteiger partial charge in [0.15, 0.2) is 5.78 Å². The van der Waals surface area contributed by atoms with Crippen LogP contribution in [0.15, 0.2) is 41.1 Å². The van der Waals surface area contributed by atoms with Crippen LogP contribution in [0.3, 0.4) is 0 Å². The van der Waals surface area contributed by atoms with Gasteiger partial charge in [-0.15, -0.1) is 0 Å². The quantitative estimate of drug-likeness (QED) is 0.810. The third kappa shape index (κ3) is 2.39. The van der Waals surface area contributed by atoms with Crippen molar-refractivity contribution in [1.82, 2.24) is 9.78 Å². The lowest BCUT2D eigenvalue weighted by Gasteiger charge is -2.04. The number of carbonyl (C=O) groups excluding carboxylic acids is 1. The van der Waals surface area contributed by atoms with E-state index in [2.05, 4.69) is 21.0 Å². The van der Waals surface area contributed by atoms with Gasteiger partial charge in [0.2, 0.25) is 0 Å². The number of aryl methyl sites for hydroxylation is 1. The van der Waals surface area contributed by atoms with Crippen LogP contribution in [-0.2, 0) is 6.54 Å². The van der Waals surface area contributed by atoms with Crippen molar-refractivity contribution >= 4 is 21.7 Å². The number of hydrogen-bond donors (Lipinski definition) is 0. The normalized spacial score (nSPS) is 10.4. The minimum atomic E-state index is 0.0775. The minimum absolute atomic E-state index is 0.0775. The smallest absolute Gasteiger partial charge is 0.184 e. The van der Waals surface area contributed by atoms with Crippen molar-refractivity contribution < 1.29 is 4.79 Å². The molecule has 2 rings (SSSR count). The van der Waals surface area contributed by atoms with Crippen LogP contribution >= 0.6 is 15.9 Å². The number of nitrogens with zero attached hydrogens (tertiary/aromatic N) is 2. The molecule has 0 spiro atoms. The van der Waals surface area contributed by atoms with E-state index in [-0.39, 0.29) is 12.3 Å². The molecule has 0 atom stereocenters. The maximum absolute atomic E-state index is 12.0. The first kappa shape index (κ1) is 11.1. The molecule has 3 nitrogen and oxygen atoms in total. The Bertz CT molecular complexity index is 519. The van der Waals surface area contributed by atoms with E-state index in [0.717, 1.165) is 15.6 Å². The standard InChI is InChI=1S/C12H11BrN2O/c1-9-4-2-3-5-11(9)12(16)8-15-7-10(13)6-14-15/h2-7H,8H2,1H3. The zero-order chi connectivity index (χ0) is 11.5. The molecular formula is C12H11BrN2O. The molecule has 0 fully saturated rings. The highest BCUT2D eigenvalue weighted by atomic mass is 79.9. The van der Waals surface area contributed by atoms with E-state index < -0.39 is 0 Å². The fourth-order valence-corrected chi connectivity index (χ4v) is 1.87. The minimum Gasteiger partial charge on any atom is -0.292 e. The van der Waals surface area contributed by atoms with E-state index in [1.165, 1.54) is 0 Å². The van der Waals surface area contributed by atoms with Crippen LogP contribution in [0.5, 0.6) is 0 Å². The lowest BCUT2D eigenvalue weighted by atomic mass is 10.1. The largest absolute Gasteiger partial charge is 0.292 e. The van der Waals surface area contributed by atoms with Crippen molar-refractivity contribution in [2.75, 3.05) is 0 Å². The Kier molecular flexibility index (Phi) is 3.19. The average Bonchev–Trinajstić information content (AvgIpc) is 2.64. The maximum Gasteiger partial charge on any atom is 0.184 e. The highest BCUT2D eigenvalue weighted by Gasteiger charge is 2.09. The van der Waals surface area contributed by atoms with Gasteiger partial charge in [0, 0.05) is 11.8 Å². The van der Waals surface area contributed by atoms with E-state index in [0.29, 0.717) is 0 Å². The first-order valence-electron chi connectivity index (χ1n) is 4.93. The number of carbonyl (C=O) groups is 1. The fraction of sp³-hybridized carbons (Fsp3) is 0.167. The van der Waals surface area contributed by atoms with Crippen molar-refractivity contribution in [2.24, 2.45) is 0 Å². The first-order valence-corrected chi connectivity index (χ1v) is 5.73. The summed E-state index contributed by atoms with van der Waals surface area (Å²) >= 11 is 3.30. The molecule has 0 aliphatic carbocycles. The lowest BCUT2D eigenvalue weighted by Crippen LogP contribution is -2.11. The second-order valence-corrected chi connectivity index (χ2v) is 4.51. The predicted octanol–water partition coefficient (Wildman–Crippen LogP) is 2.84. The van der Waals surface area contributed by atoms with Gasteiger partial charge in [-0.25, -0.2) is 0 Å². The van der Waals surface area contributed by atoms with Crippen molar-refractivity contribution in [3.63, 3.8) is 0 Å². The van der Waals surface area contributed by atoms with Crippen LogP contribution < -0.4 is 0 Å². The van der Waals surface area contributed by atoms with E-state index in [9.17, 15) is 4.79 Å². The summed E-state index contributed by atoms with van der Waals surface area (Å²) in [6.07, 6.45) is 3.46. The van der Waals surface area contributed by atoms with Gasteiger partial charge in [-0.1, -0.05) is 24.3 Å². The molecule has 2 aromatic rings. The van der Waals surface area contributed by atoms with Crippen LogP contribution in [0.4, 0.5) is 0 Å². The molecule has 0 saturated heterocycles. The Morgan fingerprint density at radius 1 is 1.44 bits per heavy atom. The summed E-state index contributed by atoms with van der Waals surface area (Å²) < 4.78 is 2.50. The van der Waals surface area contributed by atoms with E-state index >= 15 is 0 Å². The monoisotopic (exact) mass is 278 g/mol. The second-order valence-electron chi connectivity index (χ2n) is 3.59. The molecule has 0 unspecified atom stereocenters. The molecule has 0 radical (unpaired) electrons. The highest BCUT2D eigenvalue weighted by Crippen LogP contribution is 2.10. The Morgan fingerprint density at radius 3 is 2.81 bits per heavy atom. The molecule has 1 aromatic heterocycles. The summed E-state index contributed by atoms with van der Waals surface area (Å²) in [5, 5.41) is 4.06. The molecule has 0 bridgehead atoms. The van der Waals surface area contributed by atoms with Crippen molar-refractivity contribution in [3.05, 3.63) is 52.3 Å². The van der Waals surface area contributed by atoms with Crippen LogP contribution in [0.25, 0.3) is 0 Å². The van der Waals surface area contributed by atoms with Crippen molar-refractivity contribution in [1.29, 1.82) is 0 Å². The molecule has 4 heteroatoms. The van der Waals surface area contributed by atoms with Gasteiger partial charge in [0.1, 0.15) is 6.54 Å². The van der Waals surface area contributed by atoms with Crippen LogP contribution in [-0.4, -0.2) is 15.6 Å². The first-order chi connectivity index (χ1) is 7.66. The van der Waals surface area contributed by atoms with E-state index in [1.807, 2.05) is 31.2 Å². The number of halogens is 1. The summed E-state index contributed by atoms with van der Waals surface area (Å²) in [6, 6.07) is 7.58. The number of ketones is 1. The Hall–Kier alpha value is -1.42.